The van der Waals surface area contributed by atoms with Crippen molar-refractivity contribution in [3.05, 3.63) is 30.1 Å². The van der Waals surface area contributed by atoms with Crippen LogP contribution in [0.1, 0.15) is 39.7 Å². The first kappa shape index (κ1) is 14.2. The molecule has 0 fully saturated rings. The molecule has 20 heavy (non-hydrogen) atoms. The predicted molar refractivity (Wildman–Crippen MR) is 80.4 cm³/mol. The van der Waals surface area contributed by atoms with E-state index in [1.54, 1.807) is 16.8 Å². The molecule has 0 saturated heterocycles. The number of carbonyl (C=O) groups excluding carboxylic acids is 1. The fourth-order valence-corrected chi connectivity index (χ4v) is 1.97. The second-order valence-corrected chi connectivity index (χ2v) is 5.94. The molecular weight excluding hydrogens is 252 g/mol. The van der Waals surface area contributed by atoms with Crippen molar-refractivity contribution in [3.63, 3.8) is 0 Å². The summed E-state index contributed by atoms with van der Waals surface area (Å²) in [6.45, 7) is 8.02. The molecule has 0 aliphatic rings. The fourth-order valence-electron chi connectivity index (χ4n) is 1.97. The van der Waals surface area contributed by atoms with E-state index in [1.807, 2.05) is 46.0 Å². The van der Waals surface area contributed by atoms with Crippen molar-refractivity contribution in [1.29, 1.82) is 0 Å². The molecule has 0 aromatic carbocycles. The van der Waals surface area contributed by atoms with Crippen molar-refractivity contribution in [3.8, 4) is 0 Å². The maximum Gasteiger partial charge on any atom is 0.226 e. The molecule has 2 rings (SSSR count). The Kier molecular flexibility index (Phi) is 3.88. The van der Waals surface area contributed by atoms with Gasteiger partial charge in [-0.05, 0) is 18.4 Å². The second kappa shape index (κ2) is 5.45. The van der Waals surface area contributed by atoms with Gasteiger partial charge in [0, 0.05) is 18.8 Å². The molecule has 2 heterocycles. The summed E-state index contributed by atoms with van der Waals surface area (Å²) in [7, 11) is 0. The average molecular weight is 272 g/mol. The molecule has 0 aliphatic carbocycles. The lowest BCUT2D eigenvalue weighted by Crippen LogP contribution is -2.20. The van der Waals surface area contributed by atoms with E-state index in [9.17, 15) is 4.79 Å². The fraction of sp³-hybridized carbons (Fsp3) is 0.400. The van der Waals surface area contributed by atoms with Crippen molar-refractivity contribution >= 4 is 23.4 Å². The first-order valence-electron chi connectivity index (χ1n) is 6.66. The topological polar surface area (TPSA) is 59.3 Å². The lowest BCUT2D eigenvalue weighted by Gasteiger charge is -2.16. The molecule has 5 heteroatoms. The third-order valence-corrected chi connectivity index (χ3v) is 2.71. The van der Waals surface area contributed by atoms with E-state index in [-0.39, 0.29) is 11.3 Å². The summed E-state index contributed by atoms with van der Waals surface area (Å²) in [5, 5.41) is 7.25. The van der Waals surface area contributed by atoms with E-state index < -0.39 is 0 Å². The van der Waals surface area contributed by atoms with Crippen molar-refractivity contribution < 1.29 is 4.79 Å². The Morgan fingerprint density at radius 3 is 2.85 bits per heavy atom. The number of aromatic nitrogens is 3. The van der Waals surface area contributed by atoms with Gasteiger partial charge in [-0.3, -0.25) is 4.79 Å². The number of anilines is 1. The van der Waals surface area contributed by atoms with Gasteiger partial charge in [-0.2, -0.15) is 0 Å². The number of hydrogen-bond donors (Lipinski definition) is 1. The van der Waals surface area contributed by atoms with Crippen LogP contribution >= 0.6 is 0 Å². The summed E-state index contributed by atoms with van der Waals surface area (Å²) >= 11 is 0. The van der Waals surface area contributed by atoms with Crippen molar-refractivity contribution in [1.82, 2.24) is 14.6 Å². The average Bonchev–Trinajstić information content (AvgIpc) is 2.66. The zero-order valence-corrected chi connectivity index (χ0v) is 12.3. The van der Waals surface area contributed by atoms with Crippen LogP contribution in [-0.4, -0.2) is 20.5 Å². The summed E-state index contributed by atoms with van der Waals surface area (Å²) in [5.41, 5.74) is 1.51. The number of amides is 1. The number of rotatable bonds is 3. The molecule has 1 N–H and O–H groups in total. The van der Waals surface area contributed by atoms with Crippen LogP contribution in [0.15, 0.2) is 24.5 Å². The summed E-state index contributed by atoms with van der Waals surface area (Å²) < 4.78 is 1.67. The van der Waals surface area contributed by atoms with Crippen LogP contribution in [0.5, 0.6) is 0 Å². The molecule has 5 nitrogen and oxygen atoms in total. The number of fused-ring (bicyclic) bond motifs is 1. The summed E-state index contributed by atoms with van der Waals surface area (Å²) in [6, 6.07) is 1.81. The third-order valence-electron chi connectivity index (χ3n) is 2.71. The Hall–Kier alpha value is -2.17. The summed E-state index contributed by atoms with van der Waals surface area (Å²) in [5.74, 6) is 0.516. The quantitative estimate of drug-likeness (QED) is 0.933. The lowest BCUT2D eigenvalue weighted by atomic mass is 9.92. The van der Waals surface area contributed by atoms with Gasteiger partial charge in [-0.15, -0.1) is 5.10 Å². The highest BCUT2D eigenvalue weighted by Crippen LogP contribution is 2.23. The largest absolute Gasteiger partial charge is 0.309 e. The van der Waals surface area contributed by atoms with Crippen molar-refractivity contribution in [2.24, 2.45) is 5.41 Å². The monoisotopic (exact) mass is 272 g/mol. The summed E-state index contributed by atoms with van der Waals surface area (Å²) in [6.07, 6.45) is 7.79. The minimum atomic E-state index is -0.0533. The van der Waals surface area contributed by atoms with Crippen LogP contribution in [0, 0.1) is 5.41 Å². The molecule has 1 amide bonds. The van der Waals surface area contributed by atoms with E-state index in [0.29, 0.717) is 12.2 Å². The molecule has 0 radical (unpaired) electrons. The number of hydrogen-bond acceptors (Lipinski definition) is 3. The maximum atomic E-state index is 12.1. The smallest absolute Gasteiger partial charge is 0.226 e. The Morgan fingerprint density at radius 1 is 1.45 bits per heavy atom. The maximum absolute atomic E-state index is 12.1. The molecule has 0 unspecified atom stereocenters. The van der Waals surface area contributed by atoms with Crippen LogP contribution in [0.25, 0.3) is 11.7 Å². The third kappa shape index (κ3) is 3.23. The second-order valence-electron chi connectivity index (χ2n) is 5.94. The minimum Gasteiger partial charge on any atom is -0.309 e. The SMILES string of the molecule is C/C=C/c1c(NC(=O)CC(C)(C)C)nn2cccnc12. The van der Waals surface area contributed by atoms with Crippen LogP contribution in [0.4, 0.5) is 5.82 Å². The van der Waals surface area contributed by atoms with Crippen molar-refractivity contribution in [2.75, 3.05) is 5.32 Å². The van der Waals surface area contributed by atoms with E-state index >= 15 is 0 Å². The molecule has 106 valence electrons. The van der Waals surface area contributed by atoms with E-state index in [0.717, 1.165) is 11.2 Å². The first-order chi connectivity index (χ1) is 9.40. The van der Waals surface area contributed by atoms with E-state index in [2.05, 4.69) is 15.4 Å². The van der Waals surface area contributed by atoms with Gasteiger partial charge in [0.2, 0.25) is 5.91 Å². The summed E-state index contributed by atoms with van der Waals surface area (Å²) in [4.78, 5) is 16.4. The molecule has 0 saturated carbocycles. The van der Waals surface area contributed by atoms with Gasteiger partial charge in [0.05, 0.1) is 5.56 Å². The molecule has 0 atom stereocenters. The first-order valence-corrected chi connectivity index (χ1v) is 6.66. The Balaban J connectivity index is 2.34. The highest BCUT2D eigenvalue weighted by atomic mass is 16.1. The molecule has 2 aromatic rings. The van der Waals surface area contributed by atoms with Crippen LogP contribution in [-0.2, 0) is 4.79 Å². The normalized spacial score (nSPS) is 12.2. The zero-order chi connectivity index (χ0) is 14.8. The van der Waals surface area contributed by atoms with Crippen LogP contribution in [0.2, 0.25) is 0 Å². The van der Waals surface area contributed by atoms with Crippen molar-refractivity contribution in [2.45, 2.75) is 34.1 Å². The standard InChI is InChI=1S/C15H20N4O/c1-5-7-11-13(17-12(20)10-15(2,3)4)18-19-9-6-8-16-14(11)19/h5-9H,10H2,1-4H3,(H,17,18,20)/b7-5+. The Morgan fingerprint density at radius 2 is 2.20 bits per heavy atom. The Bertz CT molecular complexity index is 649. The molecule has 0 bridgehead atoms. The predicted octanol–water partition coefficient (Wildman–Crippen LogP) is 3.14. The Labute approximate surface area is 118 Å². The number of allylic oxidation sites excluding steroid dienone is 1. The van der Waals surface area contributed by atoms with Crippen LogP contribution < -0.4 is 5.32 Å². The molecule has 2 aromatic heterocycles. The number of nitrogens with zero attached hydrogens (tertiary/aromatic N) is 3. The molecular formula is C15H20N4O. The molecule has 0 aliphatic heterocycles. The van der Waals surface area contributed by atoms with Gasteiger partial charge >= 0.3 is 0 Å². The van der Waals surface area contributed by atoms with Gasteiger partial charge in [-0.1, -0.05) is 32.9 Å². The highest BCUT2D eigenvalue weighted by molar-refractivity contribution is 5.93. The zero-order valence-electron chi connectivity index (χ0n) is 12.3. The van der Waals surface area contributed by atoms with Gasteiger partial charge in [-0.25, -0.2) is 9.50 Å². The van der Waals surface area contributed by atoms with Gasteiger partial charge in [0.25, 0.3) is 0 Å². The number of nitrogens with one attached hydrogen (secondary N) is 1. The van der Waals surface area contributed by atoms with Gasteiger partial charge in [0.15, 0.2) is 11.5 Å². The lowest BCUT2D eigenvalue weighted by molar-refractivity contribution is -0.117. The van der Waals surface area contributed by atoms with Crippen LogP contribution in [0.3, 0.4) is 0 Å². The van der Waals surface area contributed by atoms with Gasteiger partial charge < -0.3 is 5.32 Å². The number of carbonyl (C=O) groups is 1. The highest BCUT2D eigenvalue weighted by Gasteiger charge is 2.19. The van der Waals surface area contributed by atoms with Gasteiger partial charge in [0.1, 0.15) is 0 Å². The molecule has 0 spiro atoms. The van der Waals surface area contributed by atoms with E-state index in [1.165, 1.54) is 0 Å². The minimum absolute atomic E-state index is 0.0355. The van der Waals surface area contributed by atoms with E-state index in [4.69, 9.17) is 0 Å².